The average molecular weight is 362 g/mol. The van der Waals surface area contributed by atoms with E-state index < -0.39 is 0 Å². The summed E-state index contributed by atoms with van der Waals surface area (Å²) >= 11 is 5.26. The van der Waals surface area contributed by atoms with E-state index in [-0.39, 0.29) is 6.04 Å². The van der Waals surface area contributed by atoms with Crippen molar-refractivity contribution in [2.75, 3.05) is 0 Å². The molecule has 0 aliphatic rings. The van der Waals surface area contributed by atoms with Gasteiger partial charge in [-0.05, 0) is 59.1 Å². The van der Waals surface area contributed by atoms with Crippen LogP contribution in [-0.4, -0.2) is 16.0 Å². The predicted octanol–water partition coefficient (Wildman–Crippen LogP) is 4.37. The first-order valence-electron chi connectivity index (χ1n) is 6.78. The Morgan fingerprint density at radius 2 is 2.10 bits per heavy atom. The van der Waals surface area contributed by atoms with E-state index in [4.69, 9.17) is 5.73 Å². The summed E-state index contributed by atoms with van der Waals surface area (Å²) < 4.78 is 1.08. The minimum atomic E-state index is 0.172. The highest BCUT2D eigenvalue weighted by Crippen LogP contribution is 2.33. The van der Waals surface area contributed by atoms with Gasteiger partial charge in [0.25, 0.3) is 0 Å². The van der Waals surface area contributed by atoms with Crippen molar-refractivity contribution in [3.8, 4) is 0 Å². The first-order chi connectivity index (χ1) is 10.1. The molecule has 1 atom stereocenters. The van der Waals surface area contributed by atoms with Crippen molar-refractivity contribution in [1.82, 2.24) is 9.97 Å². The molecule has 3 N–H and O–H groups in total. The van der Waals surface area contributed by atoms with E-state index in [1.54, 1.807) is 11.8 Å². The van der Waals surface area contributed by atoms with Gasteiger partial charge in [-0.25, -0.2) is 4.98 Å². The normalized spacial score (nSPS) is 12.7. The fourth-order valence-corrected chi connectivity index (χ4v) is 3.68. The lowest BCUT2D eigenvalue weighted by Gasteiger charge is -2.08. The summed E-state index contributed by atoms with van der Waals surface area (Å²) in [6, 6.07) is 14.6. The molecule has 0 aliphatic heterocycles. The van der Waals surface area contributed by atoms with Crippen molar-refractivity contribution >= 4 is 38.7 Å². The molecule has 3 rings (SSSR count). The van der Waals surface area contributed by atoms with E-state index in [0.717, 1.165) is 32.0 Å². The largest absolute Gasteiger partial charge is 0.333 e. The molecule has 1 unspecified atom stereocenters. The smallest absolute Gasteiger partial charge is 0.171 e. The van der Waals surface area contributed by atoms with E-state index in [0.29, 0.717) is 0 Å². The van der Waals surface area contributed by atoms with Crippen molar-refractivity contribution in [1.29, 1.82) is 0 Å². The summed E-state index contributed by atoms with van der Waals surface area (Å²) in [5, 5.41) is 0.900. The van der Waals surface area contributed by atoms with Gasteiger partial charge in [0, 0.05) is 15.4 Å². The van der Waals surface area contributed by atoms with Crippen molar-refractivity contribution in [3.63, 3.8) is 0 Å². The van der Waals surface area contributed by atoms with Gasteiger partial charge < -0.3 is 10.7 Å². The van der Waals surface area contributed by atoms with Crippen LogP contribution >= 0.6 is 27.7 Å². The summed E-state index contributed by atoms with van der Waals surface area (Å²) in [5.41, 5.74) is 9.14. The van der Waals surface area contributed by atoms with Crippen LogP contribution in [0.4, 0.5) is 0 Å². The minimum Gasteiger partial charge on any atom is -0.333 e. The van der Waals surface area contributed by atoms with E-state index in [2.05, 4.69) is 44.1 Å². The zero-order chi connectivity index (χ0) is 14.8. The fraction of sp³-hybridized carbons (Fsp3) is 0.188. The number of H-pyrrole nitrogens is 1. The van der Waals surface area contributed by atoms with Crippen molar-refractivity contribution < 1.29 is 0 Å². The van der Waals surface area contributed by atoms with Crippen LogP contribution in [-0.2, 0) is 6.42 Å². The van der Waals surface area contributed by atoms with Gasteiger partial charge in [-0.1, -0.05) is 30.0 Å². The number of para-hydroxylation sites is 2. The number of nitrogens with one attached hydrogen (secondary N) is 1. The molecule has 0 aliphatic carbocycles. The molecule has 3 aromatic rings. The van der Waals surface area contributed by atoms with Crippen molar-refractivity contribution in [2.45, 2.75) is 29.4 Å². The molecule has 0 saturated carbocycles. The van der Waals surface area contributed by atoms with Crippen molar-refractivity contribution in [2.24, 2.45) is 5.73 Å². The first-order valence-corrected chi connectivity index (χ1v) is 8.39. The maximum atomic E-state index is 5.84. The molecular weight excluding hydrogens is 346 g/mol. The van der Waals surface area contributed by atoms with Crippen LogP contribution < -0.4 is 5.73 Å². The molecule has 1 aromatic heterocycles. The molecule has 0 bridgehead atoms. The van der Waals surface area contributed by atoms with Gasteiger partial charge in [-0.2, -0.15) is 0 Å². The van der Waals surface area contributed by atoms with Crippen LogP contribution in [0.1, 0.15) is 12.5 Å². The topological polar surface area (TPSA) is 54.7 Å². The molecule has 0 radical (unpaired) electrons. The van der Waals surface area contributed by atoms with Gasteiger partial charge in [0.1, 0.15) is 0 Å². The number of halogens is 1. The molecule has 0 saturated heterocycles. The number of nitrogens with zero attached hydrogens (tertiary/aromatic N) is 1. The Labute approximate surface area is 136 Å². The summed E-state index contributed by atoms with van der Waals surface area (Å²) in [6.45, 7) is 2.02. The summed E-state index contributed by atoms with van der Waals surface area (Å²) in [6.07, 6.45) is 0.883. The number of imidazole rings is 1. The number of rotatable bonds is 4. The van der Waals surface area contributed by atoms with Gasteiger partial charge >= 0.3 is 0 Å². The van der Waals surface area contributed by atoms with E-state index in [1.807, 2.05) is 31.2 Å². The second kappa shape index (κ2) is 6.22. The summed E-state index contributed by atoms with van der Waals surface area (Å²) in [4.78, 5) is 9.06. The van der Waals surface area contributed by atoms with Gasteiger partial charge in [-0.3, -0.25) is 0 Å². The molecule has 2 aromatic carbocycles. The number of hydrogen-bond donors (Lipinski definition) is 2. The second-order valence-corrected chi connectivity index (χ2v) is 6.99. The van der Waals surface area contributed by atoms with Gasteiger partial charge in [0.2, 0.25) is 0 Å². The van der Waals surface area contributed by atoms with E-state index in [9.17, 15) is 0 Å². The Morgan fingerprint density at radius 3 is 2.81 bits per heavy atom. The molecule has 0 amide bonds. The number of hydrogen-bond acceptors (Lipinski definition) is 3. The molecule has 108 valence electrons. The maximum absolute atomic E-state index is 5.84. The van der Waals surface area contributed by atoms with E-state index >= 15 is 0 Å². The Morgan fingerprint density at radius 1 is 1.29 bits per heavy atom. The van der Waals surface area contributed by atoms with Crippen LogP contribution in [0, 0.1) is 0 Å². The molecule has 21 heavy (non-hydrogen) atoms. The SMILES string of the molecule is CC(N)Cc1ccc(Sc2nc3ccccc3[nH]2)c(Br)c1. The number of nitrogens with two attached hydrogens (primary N) is 1. The van der Waals surface area contributed by atoms with Gasteiger partial charge in [-0.15, -0.1) is 0 Å². The Kier molecular flexibility index (Phi) is 4.33. The minimum absolute atomic E-state index is 0.172. The third-order valence-corrected chi connectivity index (χ3v) is 5.01. The molecular formula is C16H16BrN3S. The summed E-state index contributed by atoms with van der Waals surface area (Å²) in [5.74, 6) is 0. The second-order valence-electron chi connectivity index (χ2n) is 5.11. The number of fused-ring (bicyclic) bond motifs is 1. The van der Waals surface area contributed by atoms with Crippen LogP contribution in [0.25, 0.3) is 11.0 Å². The van der Waals surface area contributed by atoms with Crippen LogP contribution in [0.3, 0.4) is 0 Å². The standard InChI is InChI=1S/C16H16BrN3S/c1-10(18)8-11-6-7-15(12(17)9-11)21-16-19-13-4-2-3-5-14(13)20-16/h2-7,9-10H,8,18H2,1H3,(H,19,20). The molecule has 3 nitrogen and oxygen atoms in total. The first kappa shape index (κ1) is 14.6. The van der Waals surface area contributed by atoms with Crippen molar-refractivity contribution in [3.05, 3.63) is 52.5 Å². The molecule has 0 fully saturated rings. The Bertz CT molecular complexity index is 734. The highest BCUT2D eigenvalue weighted by molar-refractivity contribution is 9.10. The van der Waals surface area contributed by atoms with Crippen LogP contribution in [0.15, 0.2) is 57.0 Å². The van der Waals surface area contributed by atoms with Gasteiger partial charge in [0.05, 0.1) is 11.0 Å². The maximum Gasteiger partial charge on any atom is 0.171 e. The summed E-state index contributed by atoms with van der Waals surface area (Å²) in [7, 11) is 0. The fourth-order valence-electron chi connectivity index (χ4n) is 2.21. The van der Waals surface area contributed by atoms with Crippen LogP contribution in [0.2, 0.25) is 0 Å². The highest BCUT2D eigenvalue weighted by atomic mass is 79.9. The highest BCUT2D eigenvalue weighted by Gasteiger charge is 2.08. The zero-order valence-electron chi connectivity index (χ0n) is 11.6. The lowest BCUT2D eigenvalue weighted by molar-refractivity contribution is 0.737. The lowest BCUT2D eigenvalue weighted by Crippen LogP contribution is -2.17. The number of aromatic amines is 1. The molecule has 0 spiro atoms. The predicted molar refractivity (Wildman–Crippen MR) is 91.7 cm³/mol. The molecule has 5 heteroatoms. The van der Waals surface area contributed by atoms with Gasteiger partial charge in [0.15, 0.2) is 5.16 Å². The quantitative estimate of drug-likeness (QED) is 0.725. The number of aromatic nitrogens is 2. The lowest BCUT2D eigenvalue weighted by atomic mass is 10.1. The molecule has 1 heterocycles. The zero-order valence-corrected chi connectivity index (χ0v) is 14.0. The monoisotopic (exact) mass is 361 g/mol. The third-order valence-electron chi connectivity index (χ3n) is 3.13. The average Bonchev–Trinajstić information content (AvgIpc) is 2.83. The Balaban J connectivity index is 1.84. The third kappa shape index (κ3) is 3.48. The van der Waals surface area contributed by atoms with Crippen LogP contribution in [0.5, 0.6) is 0 Å². The van der Waals surface area contributed by atoms with E-state index in [1.165, 1.54) is 5.56 Å². The Hall–Kier alpha value is -1.30. The number of benzene rings is 2.